The van der Waals surface area contributed by atoms with Gasteiger partial charge < -0.3 is 14.9 Å². The van der Waals surface area contributed by atoms with Crippen LogP contribution < -0.4 is 0 Å². The molecule has 2 amide bonds. The van der Waals surface area contributed by atoms with E-state index in [4.69, 9.17) is 0 Å². The molecular formula is C20H20F2N2O3. The Labute approximate surface area is 155 Å². The van der Waals surface area contributed by atoms with Gasteiger partial charge in [-0.15, -0.1) is 0 Å². The van der Waals surface area contributed by atoms with Crippen LogP contribution in [0.5, 0.6) is 5.75 Å². The van der Waals surface area contributed by atoms with Crippen LogP contribution in [-0.4, -0.2) is 46.4 Å². The second kappa shape index (κ2) is 7.73. The predicted octanol–water partition coefficient (Wildman–Crippen LogP) is 2.93. The summed E-state index contributed by atoms with van der Waals surface area (Å²) >= 11 is 0. The molecule has 7 heteroatoms. The molecule has 2 aromatic rings. The zero-order chi connectivity index (χ0) is 19.6. The van der Waals surface area contributed by atoms with Gasteiger partial charge in [0.2, 0.25) is 5.91 Å². The van der Waals surface area contributed by atoms with Gasteiger partial charge in [0.1, 0.15) is 11.8 Å². The van der Waals surface area contributed by atoms with Crippen molar-refractivity contribution in [2.45, 2.75) is 25.4 Å². The molecule has 27 heavy (non-hydrogen) atoms. The van der Waals surface area contributed by atoms with Crippen molar-refractivity contribution in [1.29, 1.82) is 0 Å². The topological polar surface area (TPSA) is 60.9 Å². The third kappa shape index (κ3) is 3.92. The fourth-order valence-corrected chi connectivity index (χ4v) is 3.32. The normalized spacial score (nSPS) is 16.4. The number of carbonyl (C=O) groups excluding carboxylic acids is 2. The summed E-state index contributed by atoms with van der Waals surface area (Å²) in [5, 5.41) is 9.91. The molecule has 1 heterocycles. The van der Waals surface area contributed by atoms with E-state index in [0.717, 1.165) is 12.1 Å². The van der Waals surface area contributed by atoms with Crippen LogP contribution in [0, 0.1) is 11.6 Å². The molecule has 1 saturated heterocycles. The van der Waals surface area contributed by atoms with Gasteiger partial charge in [0.15, 0.2) is 11.6 Å². The van der Waals surface area contributed by atoms with Crippen LogP contribution in [0.2, 0.25) is 0 Å². The first kappa shape index (κ1) is 18.8. The largest absolute Gasteiger partial charge is 0.507 e. The number of aromatic hydroxyl groups is 1. The molecule has 0 unspecified atom stereocenters. The molecule has 5 nitrogen and oxygen atoms in total. The van der Waals surface area contributed by atoms with E-state index in [1.807, 2.05) is 0 Å². The number of hydrogen-bond acceptors (Lipinski definition) is 3. The number of phenolic OH excluding ortho intramolecular Hbond substituents is 1. The summed E-state index contributed by atoms with van der Waals surface area (Å²) in [6.45, 7) is 0.522. The summed E-state index contributed by atoms with van der Waals surface area (Å²) in [4.78, 5) is 28.4. The quantitative estimate of drug-likeness (QED) is 0.895. The van der Waals surface area contributed by atoms with E-state index < -0.39 is 23.6 Å². The maximum absolute atomic E-state index is 13.4. The first-order chi connectivity index (χ1) is 12.9. The Hall–Kier alpha value is -2.96. The van der Waals surface area contributed by atoms with Crippen LogP contribution >= 0.6 is 0 Å². The Morgan fingerprint density at radius 2 is 1.93 bits per heavy atom. The van der Waals surface area contributed by atoms with Crippen molar-refractivity contribution in [3.8, 4) is 5.75 Å². The number of likely N-dealkylation sites (N-methyl/N-ethyl adjacent to an activating group) is 1. The monoisotopic (exact) mass is 374 g/mol. The van der Waals surface area contributed by atoms with Crippen LogP contribution in [0.3, 0.4) is 0 Å². The lowest BCUT2D eigenvalue weighted by atomic mass is 10.1. The molecule has 1 aliphatic rings. The summed E-state index contributed by atoms with van der Waals surface area (Å²) in [7, 11) is 1.56. The highest BCUT2D eigenvalue weighted by Gasteiger charge is 2.36. The van der Waals surface area contributed by atoms with E-state index in [0.29, 0.717) is 24.9 Å². The zero-order valence-corrected chi connectivity index (χ0v) is 14.9. The Balaban J connectivity index is 1.73. The van der Waals surface area contributed by atoms with Crippen LogP contribution in [-0.2, 0) is 11.3 Å². The third-order valence-electron chi connectivity index (χ3n) is 4.71. The van der Waals surface area contributed by atoms with Crippen molar-refractivity contribution >= 4 is 11.8 Å². The summed E-state index contributed by atoms with van der Waals surface area (Å²) in [6, 6.07) is 9.06. The number of hydrogen-bond donors (Lipinski definition) is 1. The molecule has 1 fully saturated rings. The van der Waals surface area contributed by atoms with Gasteiger partial charge in [-0.2, -0.15) is 0 Å². The number of likely N-dealkylation sites (tertiary alicyclic amines) is 1. The van der Waals surface area contributed by atoms with Gasteiger partial charge >= 0.3 is 0 Å². The van der Waals surface area contributed by atoms with Crippen LogP contribution in [0.25, 0.3) is 0 Å². The lowest BCUT2D eigenvalue weighted by molar-refractivity contribution is -0.134. The molecule has 142 valence electrons. The lowest BCUT2D eigenvalue weighted by Crippen LogP contribution is -2.46. The van der Waals surface area contributed by atoms with Crippen LogP contribution in [0.4, 0.5) is 8.78 Å². The number of amides is 2. The maximum atomic E-state index is 13.4. The fraction of sp³-hybridized carbons (Fsp3) is 0.300. The Kier molecular flexibility index (Phi) is 5.39. The third-order valence-corrected chi connectivity index (χ3v) is 4.71. The van der Waals surface area contributed by atoms with E-state index in [1.54, 1.807) is 19.2 Å². The molecule has 1 atom stereocenters. The molecule has 0 bridgehead atoms. The van der Waals surface area contributed by atoms with Crippen molar-refractivity contribution in [2.75, 3.05) is 13.6 Å². The number of benzene rings is 2. The van der Waals surface area contributed by atoms with E-state index in [2.05, 4.69) is 0 Å². The smallest absolute Gasteiger partial charge is 0.258 e. The molecule has 0 radical (unpaired) electrons. The number of para-hydroxylation sites is 1. The number of nitrogens with zero attached hydrogens (tertiary/aromatic N) is 2. The minimum absolute atomic E-state index is 0.102. The SMILES string of the molecule is CN(Cc1ccc(F)c(F)c1)C(=O)[C@H]1CCCN1C(=O)c1ccccc1O. The van der Waals surface area contributed by atoms with E-state index in [9.17, 15) is 23.5 Å². The fourth-order valence-electron chi connectivity index (χ4n) is 3.32. The molecule has 0 saturated carbocycles. The van der Waals surface area contributed by atoms with E-state index in [-0.39, 0.29) is 23.8 Å². The van der Waals surface area contributed by atoms with Crippen molar-refractivity contribution < 1.29 is 23.5 Å². The molecular weight excluding hydrogens is 354 g/mol. The second-order valence-electron chi connectivity index (χ2n) is 6.62. The lowest BCUT2D eigenvalue weighted by Gasteiger charge is -2.28. The first-order valence-corrected chi connectivity index (χ1v) is 8.66. The van der Waals surface area contributed by atoms with Crippen LogP contribution in [0.15, 0.2) is 42.5 Å². The standard InChI is InChI=1S/C20H20F2N2O3/c1-23(12-13-8-9-15(21)16(22)11-13)20(27)17-6-4-10-24(17)19(26)14-5-2-3-7-18(14)25/h2-3,5,7-9,11,17,25H,4,6,10,12H2,1H3/t17-/m1/s1. The molecule has 0 aliphatic carbocycles. The molecule has 0 spiro atoms. The van der Waals surface area contributed by atoms with Gasteiger partial charge in [-0.25, -0.2) is 8.78 Å². The average Bonchev–Trinajstić information content (AvgIpc) is 3.13. The maximum Gasteiger partial charge on any atom is 0.258 e. The van der Waals surface area contributed by atoms with E-state index >= 15 is 0 Å². The molecule has 3 rings (SSSR count). The first-order valence-electron chi connectivity index (χ1n) is 8.66. The van der Waals surface area contributed by atoms with Gasteiger partial charge in [-0.3, -0.25) is 9.59 Å². The van der Waals surface area contributed by atoms with Gasteiger partial charge in [0, 0.05) is 20.1 Å². The molecule has 1 aliphatic heterocycles. The number of rotatable bonds is 4. The minimum Gasteiger partial charge on any atom is -0.507 e. The van der Waals surface area contributed by atoms with Gasteiger partial charge in [0.25, 0.3) is 5.91 Å². The highest BCUT2D eigenvalue weighted by Crippen LogP contribution is 2.25. The van der Waals surface area contributed by atoms with Gasteiger partial charge in [0.05, 0.1) is 5.56 Å². The number of phenols is 1. The highest BCUT2D eigenvalue weighted by molar-refractivity contribution is 5.99. The zero-order valence-electron chi connectivity index (χ0n) is 14.9. The summed E-state index contributed by atoms with van der Waals surface area (Å²) in [5.74, 6) is -2.71. The number of halogens is 2. The van der Waals surface area contributed by atoms with Crippen molar-refractivity contribution in [2.24, 2.45) is 0 Å². The Morgan fingerprint density at radius 3 is 2.63 bits per heavy atom. The van der Waals surface area contributed by atoms with Gasteiger partial charge in [-0.1, -0.05) is 18.2 Å². The highest BCUT2D eigenvalue weighted by atomic mass is 19.2. The van der Waals surface area contributed by atoms with Crippen molar-refractivity contribution in [3.63, 3.8) is 0 Å². The molecule has 0 aromatic heterocycles. The molecule has 2 aromatic carbocycles. The average molecular weight is 374 g/mol. The summed E-state index contributed by atoms with van der Waals surface area (Å²) in [6.07, 6.45) is 1.19. The van der Waals surface area contributed by atoms with E-state index in [1.165, 1.54) is 28.0 Å². The predicted molar refractivity (Wildman–Crippen MR) is 95.0 cm³/mol. The summed E-state index contributed by atoms with van der Waals surface area (Å²) < 4.78 is 26.4. The second-order valence-corrected chi connectivity index (χ2v) is 6.62. The number of carbonyl (C=O) groups is 2. The summed E-state index contributed by atoms with van der Waals surface area (Å²) in [5.41, 5.74) is 0.613. The Bertz CT molecular complexity index is 872. The minimum atomic E-state index is -0.967. The molecule has 1 N–H and O–H groups in total. The van der Waals surface area contributed by atoms with Crippen molar-refractivity contribution in [3.05, 3.63) is 65.2 Å². The van der Waals surface area contributed by atoms with Crippen LogP contribution in [0.1, 0.15) is 28.8 Å². The Morgan fingerprint density at radius 1 is 1.19 bits per heavy atom. The van der Waals surface area contributed by atoms with Gasteiger partial charge in [-0.05, 0) is 42.7 Å². The van der Waals surface area contributed by atoms with Crippen molar-refractivity contribution in [1.82, 2.24) is 9.80 Å².